The van der Waals surface area contributed by atoms with Crippen molar-refractivity contribution in [3.05, 3.63) is 29.8 Å². The number of rotatable bonds is 6. The lowest BCUT2D eigenvalue weighted by Crippen LogP contribution is -2.05. The molecule has 3 N–H and O–H groups in total. The molecule has 1 aromatic carbocycles. The average Bonchev–Trinajstić information content (AvgIpc) is 2.41. The van der Waals surface area contributed by atoms with Gasteiger partial charge in [-0.25, -0.2) is 0 Å². The number of benzene rings is 1. The van der Waals surface area contributed by atoms with Gasteiger partial charge >= 0.3 is 12.0 Å². The van der Waals surface area contributed by atoms with Crippen LogP contribution in [0.4, 0.5) is 5.95 Å². The fourth-order valence-corrected chi connectivity index (χ4v) is 1.62. The zero-order valence-corrected chi connectivity index (χ0v) is 11.1. The van der Waals surface area contributed by atoms with Crippen LogP contribution in [-0.4, -0.2) is 33.3 Å². The molecule has 0 saturated heterocycles. The molecule has 0 bridgehead atoms. The minimum absolute atomic E-state index is 0.0260. The van der Waals surface area contributed by atoms with E-state index in [1.807, 2.05) is 25.1 Å². The molecule has 0 spiro atoms. The molecule has 0 saturated carbocycles. The SMILES string of the molecule is CCOc1nc(N)nc(Oc2ccccc2CCO)n1. The smallest absolute Gasteiger partial charge is 0.330 e. The maximum absolute atomic E-state index is 9.03. The van der Waals surface area contributed by atoms with Gasteiger partial charge in [0.1, 0.15) is 5.75 Å². The van der Waals surface area contributed by atoms with Gasteiger partial charge < -0.3 is 20.3 Å². The van der Waals surface area contributed by atoms with E-state index in [0.717, 1.165) is 5.56 Å². The summed E-state index contributed by atoms with van der Waals surface area (Å²) in [4.78, 5) is 11.8. The maximum atomic E-state index is 9.03. The van der Waals surface area contributed by atoms with Crippen molar-refractivity contribution >= 4 is 5.95 Å². The number of hydrogen-bond acceptors (Lipinski definition) is 7. The summed E-state index contributed by atoms with van der Waals surface area (Å²) >= 11 is 0. The van der Waals surface area contributed by atoms with Crippen LogP contribution in [0.2, 0.25) is 0 Å². The molecular weight excluding hydrogens is 260 g/mol. The van der Waals surface area contributed by atoms with Crippen molar-refractivity contribution in [1.29, 1.82) is 0 Å². The third kappa shape index (κ3) is 3.55. The Balaban J connectivity index is 2.25. The molecule has 0 fully saturated rings. The van der Waals surface area contributed by atoms with Gasteiger partial charge in [-0.15, -0.1) is 4.98 Å². The third-order valence-electron chi connectivity index (χ3n) is 2.44. The van der Waals surface area contributed by atoms with E-state index in [4.69, 9.17) is 20.3 Å². The van der Waals surface area contributed by atoms with Gasteiger partial charge in [-0.1, -0.05) is 18.2 Å². The Morgan fingerprint density at radius 2 is 1.90 bits per heavy atom. The third-order valence-corrected chi connectivity index (χ3v) is 2.44. The van der Waals surface area contributed by atoms with E-state index in [1.54, 1.807) is 6.07 Å². The molecule has 0 aliphatic rings. The highest BCUT2D eigenvalue weighted by molar-refractivity contribution is 5.36. The normalized spacial score (nSPS) is 10.3. The number of aliphatic hydroxyl groups excluding tert-OH is 1. The maximum Gasteiger partial charge on any atom is 0.330 e. The average molecular weight is 276 g/mol. The fraction of sp³-hybridized carbons (Fsp3) is 0.308. The van der Waals surface area contributed by atoms with Gasteiger partial charge in [-0.2, -0.15) is 9.97 Å². The first-order valence-corrected chi connectivity index (χ1v) is 6.24. The molecule has 7 heteroatoms. The highest BCUT2D eigenvalue weighted by atomic mass is 16.5. The number of nitrogen functional groups attached to an aromatic ring is 1. The molecule has 0 amide bonds. The van der Waals surface area contributed by atoms with Gasteiger partial charge in [0, 0.05) is 6.61 Å². The summed E-state index contributed by atoms with van der Waals surface area (Å²) < 4.78 is 10.8. The Labute approximate surface area is 116 Å². The van der Waals surface area contributed by atoms with E-state index < -0.39 is 0 Å². The Bertz CT molecular complexity index is 577. The molecule has 20 heavy (non-hydrogen) atoms. The molecule has 0 aliphatic carbocycles. The second kappa shape index (κ2) is 6.67. The molecular formula is C13H16N4O3. The van der Waals surface area contributed by atoms with Crippen molar-refractivity contribution in [2.24, 2.45) is 0 Å². The minimum atomic E-state index is 0.0260. The molecule has 0 unspecified atom stereocenters. The first kappa shape index (κ1) is 14.0. The second-order valence-corrected chi connectivity index (χ2v) is 3.88. The largest absolute Gasteiger partial charge is 0.464 e. The van der Waals surface area contributed by atoms with Crippen molar-refractivity contribution in [3.8, 4) is 17.8 Å². The number of ether oxygens (including phenoxy) is 2. The summed E-state index contributed by atoms with van der Waals surface area (Å²) in [6, 6.07) is 7.50. The van der Waals surface area contributed by atoms with Crippen molar-refractivity contribution in [1.82, 2.24) is 15.0 Å². The van der Waals surface area contributed by atoms with E-state index in [-0.39, 0.29) is 24.6 Å². The molecule has 0 atom stereocenters. The lowest BCUT2D eigenvalue weighted by atomic mass is 10.1. The van der Waals surface area contributed by atoms with E-state index in [0.29, 0.717) is 18.8 Å². The quantitative estimate of drug-likeness (QED) is 0.816. The standard InChI is InChI=1S/C13H16N4O3/c1-2-19-12-15-11(14)16-13(17-12)20-10-6-4-3-5-9(10)7-8-18/h3-6,18H,2,7-8H2,1H3,(H2,14,15,16,17). The van der Waals surface area contributed by atoms with Gasteiger partial charge in [0.2, 0.25) is 5.95 Å². The number of anilines is 1. The molecule has 7 nitrogen and oxygen atoms in total. The summed E-state index contributed by atoms with van der Waals surface area (Å²) in [6.07, 6.45) is 0.481. The highest BCUT2D eigenvalue weighted by Crippen LogP contribution is 2.24. The molecule has 1 aromatic heterocycles. The lowest BCUT2D eigenvalue weighted by Gasteiger charge is -2.09. The number of aromatic nitrogens is 3. The van der Waals surface area contributed by atoms with Crippen LogP contribution in [0.5, 0.6) is 17.8 Å². The molecule has 0 radical (unpaired) electrons. The second-order valence-electron chi connectivity index (χ2n) is 3.88. The van der Waals surface area contributed by atoms with E-state index >= 15 is 0 Å². The van der Waals surface area contributed by atoms with Crippen molar-refractivity contribution in [3.63, 3.8) is 0 Å². The predicted octanol–water partition coefficient (Wildman–Crippen LogP) is 1.18. The van der Waals surface area contributed by atoms with Crippen molar-refractivity contribution in [2.45, 2.75) is 13.3 Å². The van der Waals surface area contributed by atoms with Crippen LogP contribution in [0.25, 0.3) is 0 Å². The summed E-state index contributed by atoms with van der Waals surface area (Å²) in [5, 5.41) is 9.03. The topological polar surface area (TPSA) is 103 Å². The Hall–Kier alpha value is -2.41. The Kier molecular flexibility index (Phi) is 4.67. The number of aliphatic hydroxyl groups is 1. The fourth-order valence-electron chi connectivity index (χ4n) is 1.62. The first-order chi connectivity index (χ1) is 9.72. The van der Waals surface area contributed by atoms with Crippen molar-refractivity contribution in [2.75, 3.05) is 18.9 Å². The van der Waals surface area contributed by atoms with Crippen LogP contribution >= 0.6 is 0 Å². The van der Waals surface area contributed by atoms with Crippen LogP contribution in [-0.2, 0) is 6.42 Å². The molecule has 0 aliphatic heterocycles. The molecule has 106 valence electrons. The van der Waals surface area contributed by atoms with E-state index in [9.17, 15) is 0 Å². The lowest BCUT2D eigenvalue weighted by molar-refractivity contribution is 0.295. The van der Waals surface area contributed by atoms with Crippen LogP contribution in [0.1, 0.15) is 12.5 Å². The van der Waals surface area contributed by atoms with Crippen molar-refractivity contribution < 1.29 is 14.6 Å². The van der Waals surface area contributed by atoms with Gasteiger partial charge in [0.15, 0.2) is 0 Å². The van der Waals surface area contributed by atoms with Gasteiger partial charge in [0.05, 0.1) is 6.61 Å². The highest BCUT2D eigenvalue weighted by Gasteiger charge is 2.10. The van der Waals surface area contributed by atoms with Crippen LogP contribution in [0, 0.1) is 0 Å². The molecule has 1 heterocycles. The number of nitrogens with zero attached hydrogens (tertiary/aromatic N) is 3. The van der Waals surface area contributed by atoms with Crippen LogP contribution < -0.4 is 15.2 Å². The van der Waals surface area contributed by atoms with Gasteiger partial charge in [0.25, 0.3) is 0 Å². The molecule has 2 aromatic rings. The number of para-hydroxylation sites is 1. The van der Waals surface area contributed by atoms with Gasteiger partial charge in [-0.05, 0) is 25.0 Å². The number of hydrogen-bond donors (Lipinski definition) is 2. The predicted molar refractivity (Wildman–Crippen MR) is 72.7 cm³/mol. The van der Waals surface area contributed by atoms with Crippen LogP contribution in [0.3, 0.4) is 0 Å². The Morgan fingerprint density at radius 1 is 1.15 bits per heavy atom. The van der Waals surface area contributed by atoms with Gasteiger partial charge in [-0.3, -0.25) is 0 Å². The first-order valence-electron chi connectivity index (χ1n) is 6.24. The van der Waals surface area contributed by atoms with E-state index in [1.165, 1.54) is 0 Å². The summed E-state index contributed by atoms with van der Waals surface area (Å²) in [5.74, 6) is 0.590. The summed E-state index contributed by atoms with van der Waals surface area (Å²) in [5.41, 5.74) is 6.43. The zero-order chi connectivity index (χ0) is 14.4. The zero-order valence-electron chi connectivity index (χ0n) is 11.1. The molecule has 2 rings (SSSR count). The monoisotopic (exact) mass is 276 g/mol. The van der Waals surface area contributed by atoms with Crippen LogP contribution in [0.15, 0.2) is 24.3 Å². The van der Waals surface area contributed by atoms with E-state index in [2.05, 4.69) is 15.0 Å². The Morgan fingerprint density at radius 3 is 2.65 bits per heavy atom. The number of nitrogens with two attached hydrogens (primary N) is 1. The summed E-state index contributed by atoms with van der Waals surface area (Å²) in [7, 11) is 0. The minimum Gasteiger partial charge on any atom is -0.464 e. The summed E-state index contributed by atoms with van der Waals surface area (Å²) in [6.45, 7) is 2.27.